The summed E-state index contributed by atoms with van der Waals surface area (Å²) < 4.78 is 5.57. The molecule has 2 aromatic rings. The van der Waals surface area contributed by atoms with E-state index in [1.165, 1.54) is 24.0 Å². The Labute approximate surface area is 142 Å². The van der Waals surface area contributed by atoms with Crippen LogP contribution in [0.2, 0.25) is 0 Å². The summed E-state index contributed by atoms with van der Waals surface area (Å²) in [6, 6.07) is 16.9. The Morgan fingerprint density at radius 1 is 1.00 bits per heavy atom. The van der Waals surface area contributed by atoms with E-state index in [9.17, 15) is 0 Å². The Morgan fingerprint density at radius 3 is 2.14 bits per heavy atom. The van der Waals surface area contributed by atoms with Gasteiger partial charge < -0.3 is 4.74 Å². The minimum Gasteiger partial charge on any atom is -0.493 e. The molecule has 1 nitrogen and oxygen atoms in total. The topological polar surface area (TPSA) is 9.23 Å². The number of hydrogen-bond donors (Lipinski definition) is 0. The highest BCUT2D eigenvalue weighted by atomic mass is 79.9. The summed E-state index contributed by atoms with van der Waals surface area (Å²) in [6.45, 7) is 7.13. The van der Waals surface area contributed by atoms with Gasteiger partial charge in [-0.1, -0.05) is 72.3 Å². The summed E-state index contributed by atoms with van der Waals surface area (Å²) in [5.74, 6) is 0.894. The quantitative estimate of drug-likeness (QED) is 0.536. The highest BCUT2D eigenvalue weighted by molar-refractivity contribution is 9.09. The molecule has 116 valence electrons. The molecule has 0 unspecified atom stereocenters. The van der Waals surface area contributed by atoms with E-state index >= 15 is 0 Å². The van der Waals surface area contributed by atoms with Gasteiger partial charge in [-0.25, -0.2) is 0 Å². The lowest BCUT2D eigenvalue weighted by atomic mass is 9.97. The maximum absolute atomic E-state index is 5.57. The lowest BCUT2D eigenvalue weighted by molar-refractivity contribution is 0.345. The molecular formula is C20H23BrO. The molecule has 22 heavy (non-hydrogen) atoms. The second-order valence-corrected chi connectivity index (χ2v) is 6.13. The number of unbranched alkanes of at least 4 members (excludes halogenated alkanes) is 1. The maximum Gasteiger partial charge on any atom is 0.119 e. The number of ether oxygens (including phenoxy) is 1. The van der Waals surface area contributed by atoms with E-state index < -0.39 is 0 Å². The summed E-state index contributed by atoms with van der Waals surface area (Å²) in [6.07, 6.45) is 3.64. The average Bonchev–Trinajstić information content (AvgIpc) is 2.58. The van der Waals surface area contributed by atoms with Gasteiger partial charge in [0.15, 0.2) is 0 Å². The van der Waals surface area contributed by atoms with Crippen LogP contribution in [0.1, 0.15) is 36.5 Å². The van der Waals surface area contributed by atoms with Crippen LogP contribution in [0.15, 0.2) is 55.1 Å². The fourth-order valence-electron chi connectivity index (χ4n) is 2.33. The molecule has 0 aliphatic carbocycles. The third-order valence-corrected chi connectivity index (χ3v) is 3.99. The van der Waals surface area contributed by atoms with Crippen LogP contribution in [-0.4, -0.2) is 11.9 Å². The van der Waals surface area contributed by atoms with E-state index in [1.54, 1.807) is 0 Å². The van der Waals surface area contributed by atoms with Gasteiger partial charge in [0, 0.05) is 5.33 Å². The fourth-order valence-corrected chi connectivity index (χ4v) is 2.49. The van der Waals surface area contributed by atoms with Crippen LogP contribution in [0.4, 0.5) is 0 Å². The summed E-state index contributed by atoms with van der Waals surface area (Å²) in [7, 11) is 0. The fraction of sp³-hybridized carbons (Fsp3) is 0.300. The molecule has 0 radical (unpaired) electrons. The van der Waals surface area contributed by atoms with E-state index in [2.05, 4.69) is 65.8 Å². The van der Waals surface area contributed by atoms with E-state index in [1.807, 2.05) is 12.1 Å². The van der Waals surface area contributed by atoms with Crippen LogP contribution in [0.5, 0.6) is 5.75 Å². The van der Waals surface area contributed by atoms with Crippen LogP contribution < -0.4 is 4.74 Å². The zero-order valence-corrected chi connectivity index (χ0v) is 14.7. The molecule has 0 heterocycles. The van der Waals surface area contributed by atoms with Gasteiger partial charge in [-0.2, -0.15) is 0 Å². The first-order valence-corrected chi connectivity index (χ1v) is 8.94. The first-order valence-electron chi connectivity index (χ1n) is 7.82. The van der Waals surface area contributed by atoms with Crippen molar-refractivity contribution in [2.45, 2.75) is 26.2 Å². The summed E-state index contributed by atoms with van der Waals surface area (Å²) in [5, 5.41) is 0.839. The van der Waals surface area contributed by atoms with Gasteiger partial charge in [-0.3, -0.25) is 0 Å². The molecule has 0 saturated heterocycles. The Hall–Kier alpha value is -1.54. The number of hydrogen-bond acceptors (Lipinski definition) is 1. The lowest BCUT2D eigenvalue weighted by Crippen LogP contribution is -1.97. The Bertz CT molecular complexity index is 531. The van der Waals surface area contributed by atoms with Crippen molar-refractivity contribution in [2.75, 3.05) is 11.9 Å². The van der Waals surface area contributed by atoms with Crippen molar-refractivity contribution < 1.29 is 4.74 Å². The number of rotatable bonds is 8. The zero-order chi connectivity index (χ0) is 15.8. The summed E-state index contributed by atoms with van der Waals surface area (Å²) >= 11 is 3.36. The minimum atomic E-state index is 0.680. The van der Waals surface area contributed by atoms with Gasteiger partial charge in [-0.05, 0) is 47.2 Å². The normalized spacial score (nSPS) is 10.5. The van der Waals surface area contributed by atoms with Crippen LogP contribution in [-0.2, 0) is 6.42 Å². The highest BCUT2D eigenvalue weighted by Crippen LogP contribution is 2.24. The molecule has 0 saturated carbocycles. The number of aryl methyl sites for hydroxylation is 1. The SMILES string of the molecule is C=C(c1ccc(CCCC)cc1)c1ccc(OCCBr)cc1. The predicted octanol–water partition coefficient (Wildman–Crippen LogP) is 5.86. The molecule has 0 bridgehead atoms. The van der Waals surface area contributed by atoms with Crippen molar-refractivity contribution in [3.05, 3.63) is 71.8 Å². The number of halogens is 1. The van der Waals surface area contributed by atoms with Crippen molar-refractivity contribution in [1.82, 2.24) is 0 Å². The van der Waals surface area contributed by atoms with Gasteiger partial charge >= 0.3 is 0 Å². The average molecular weight is 359 g/mol. The molecule has 0 amide bonds. The molecule has 0 fully saturated rings. The standard InChI is InChI=1S/C20H23BrO/c1-3-4-5-17-6-8-18(9-7-17)16(2)19-10-12-20(13-11-19)22-15-14-21/h6-13H,2-5,14-15H2,1H3. The molecule has 0 aliphatic heterocycles. The van der Waals surface area contributed by atoms with Crippen molar-refractivity contribution >= 4 is 21.5 Å². The molecule has 2 heteroatoms. The highest BCUT2D eigenvalue weighted by Gasteiger charge is 2.03. The molecule has 0 N–H and O–H groups in total. The molecule has 0 spiro atoms. The smallest absolute Gasteiger partial charge is 0.119 e. The minimum absolute atomic E-state index is 0.680. The van der Waals surface area contributed by atoms with Crippen LogP contribution in [0.3, 0.4) is 0 Å². The molecule has 2 rings (SSSR count). The van der Waals surface area contributed by atoms with Gasteiger partial charge in [-0.15, -0.1) is 0 Å². The van der Waals surface area contributed by atoms with E-state index in [0.717, 1.165) is 28.6 Å². The Morgan fingerprint density at radius 2 is 1.59 bits per heavy atom. The van der Waals surface area contributed by atoms with Gasteiger partial charge in [0.2, 0.25) is 0 Å². The molecule has 2 aromatic carbocycles. The van der Waals surface area contributed by atoms with Crippen molar-refractivity contribution in [3.63, 3.8) is 0 Å². The zero-order valence-electron chi connectivity index (χ0n) is 13.1. The molecule has 0 aromatic heterocycles. The number of alkyl halides is 1. The second-order valence-electron chi connectivity index (χ2n) is 5.34. The van der Waals surface area contributed by atoms with Crippen molar-refractivity contribution in [2.24, 2.45) is 0 Å². The van der Waals surface area contributed by atoms with Crippen molar-refractivity contribution in [1.29, 1.82) is 0 Å². The van der Waals surface area contributed by atoms with Crippen molar-refractivity contribution in [3.8, 4) is 5.75 Å². The van der Waals surface area contributed by atoms with Gasteiger partial charge in [0.1, 0.15) is 5.75 Å². The maximum atomic E-state index is 5.57. The Balaban J connectivity index is 2.04. The largest absolute Gasteiger partial charge is 0.493 e. The predicted molar refractivity (Wildman–Crippen MR) is 98.9 cm³/mol. The monoisotopic (exact) mass is 358 g/mol. The Kier molecular flexibility index (Phi) is 6.73. The van der Waals surface area contributed by atoms with E-state index in [4.69, 9.17) is 4.74 Å². The molecule has 0 aliphatic rings. The van der Waals surface area contributed by atoms with E-state index in [0.29, 0.717) is 6.61 Å². The molecule has 0 atom stereocenters. The molecular weight excluding hydrogens is 336 g/mol. The van der Waals surface area contributed by atoms with E-state index in [-0.39, 0.29) is 0 Å². The summed E-state index contributed by atoms with van der Waals surface area (Å²) in [4.78, 5) is 0. The first-order chi connectivity index (χ1) is 10.7. The first kappa shape index (κ1) is 16.8. The third-order valence-electron chi connectivity index (χ3n) is 3.67. The second kappa shape index (κ2) is 8.79. The summed E-state index contributed by atoms with van der Waals surface area (Å²) in [5.41, 5.74) is 4.76. The van der Waals surface area contributed by atoms with Crippen LogP contribution in [0.25, 0.3) is 5.57 Å². The van der Waals surface area contributed by atoms with Crippen LogP contribution in [0, 0.1) is 0 Å². The number of benzene rings is 2. The van der Waals surface area contributed by atoms with Crippen LogP contribution >= 0.6 is 15.9 Å². The van der Waals surface area contributed by atoms with Gasteiger partial charge in [0.25, 0.3) is 0 Å². The lowest BCUT2D eigenvalue weighted by Gasteiger charge is -2.09. The third kappa shape index (κ3) is 4.74. The van der Waals surface area contributed by atoms with Gasteiger partial charge in [0.05, 0.1) is 6.61 Å².